The Kier molecular flexibility index (Phi) is 9.88. The van der Waals surface area contributed by atoms with Gasteiger partial charge in [-0.15, -0.1) is 0 Å². The van der Waals surface area contributed by atoms with Gasteiger partial charge in [0, 0.05) is 49.5 Å². The number of nitrogens with zero attached hydrogens (tertiary/aromatic N) is 5. The van der Waals surface area contributed by atoms with Crippen LogP contribution in [0.25, 0.3) is 123 Å². The summed E-state index contributed by atoms with van der Waals surface area (Å²) in [5.41, 5.74) is 18.7. The first kappa shape index (κ1) is 41.0. The van der Waals surface area contributed by atoms with Gasteiger partial charge in [0.1, 0.15) is 0 Å². The quantitative estimate of drug-likeness (QED) is 0.153. The van der Waals surface area contributed by atoms with Gasteiger partial charge in [0.2, 0.25) is 0 Å². The summed E-state index contributed by atoms with van der Waals surface area (Å²) in [5.74, 6) is 1.81. The van der Waals surface area contributed by atoms with Crippen LogP contribution in [0.4, 0.5) is 0 Å². The minimum absolute atomic E-state index is 0.586. The van der Waals surface area contributed by atoms with E-state index in [9.17, 15) is 0 Å². The molecular formula is C65H45N5. The molecule has 0 unspecified atom stereocenters. The standard InChI is InChI=1S/C65H45N5/c1-42-19-12-14-27-50(42)46-33-36-59-55(39-46)56-40-47(51-28-15-13-20-43(51)2)34-37-60(56)70(59)61-38-35-48(52-30-18-31-54-53-29-16-17-32-58(53)69(62(52)54)49-25-10-5-11-26-49)41-57(61)65-67-63(44-21-6-3-7-22-44)66-64(68-65)45-23-8-4-9-24-45/h3-41H,1-2H3. The van der Waals surface area contributed by atoms with Crippen LogP contribution >= 0.6 is 0 Å². The van der Waals surface area contributed by atoms with Gasteiger partial charge in [0.05, 0.1) is 27.8 Å². The molecule has 0 spiro atoms. The Bertz CT molecular complexity index is 3970. The van der Waals surface area contributed by atoms with Crippen LogP contribution in [0.3, 0.4) is 0 Å². The average Bonchev–Trinajstić information content (AvgIpc) is 3.94. The third-order valence-electron chi connectivity index (χ3n) is 13.9. The van der Waals surface area contributed by atoms with Gasteiger partial charge < -0.3 is 9.13 Å². The van der Waals surface area contributed by atoms with Gasteiger partial charge in [-0.25, -0.2) is 15.0 Å². The molecule has 0 fully saturated rings. The van der Waals surface area contributed by atoms with E-state index < -0.39 is 0 Å². The number of rotatable bonds is 8. The molecule has 0 atom stereocenters. The van der Waals surface area contributed by atoms with Crippen LogP contribution in [0.5, 0.6) is 0 Å². The zero-order chi connectivity index (χ0) is 46.7. The van der Waals surface area contributed by atoms with Gasteiger partial charge in [0.15, 0.2) is 17.5 Å². The van der Waals surface area contributed by atoms with Crippen molar-refractivity contribution in [2.75, 3.05) is 0 Å². The zero-order valence-corrected chi connectivity index (χ0v) is 38.8. The van der Waals surface area contributed by atoms with E-state index >= 15 is 0 Å². The molecule has 0 bridgehead atoms. The van der Waals surface area contributed by atoms with Crippen LogP contribution in [0, 0.1) is 13.8 Å². The van der Waals surface area contributed by atoms with Gasteiger partial charge in [-0.05, 0) is 107 Å². The monoisotopic (exact) mass is 895 g/mol. The number of aryl methyl sites for hydroxylation is 2. The first-order chi connectivity index (χ1) is 34.6. The lowest BCUT2D eigenvalue weighted by atomic mass is 9.97. The van der Waals surface area contributed by atoms with Gasteiger partial charge in [-0.3, -0.25) is 0 Å². The van der Waals surface area contributed by atoms with Crippen LogP contribution in [0.15, 0.2) is 237 Å². The largest absolute Gasteiger partial charge is 0.309 e. The molecule has 13 rings (SSSR count). The predicted molar refractivity (Wildman–Crippen MR) is 291 cm³/mol. The molecule has 0 aliphatic carbocycles. The van der Waals surface area contributed by atoms with Crippen molar-refractivity contribution >= 4 is 43.6 Å². The normalized spacial score (nSPS) is 11.6. The molecule has 330 valence electrons. The zero-order valence-electron chi connectivity index (χ0n) is 38.8. The van der Waals surface area contributed by atoms with Gasteiger partial charge in [-0.2, -0.15) is 0 Å². The second-order valence-electron chi connectivity index (χ2n) is 18.1. The van der Waals surface area contributed by atoms with E-state index in [0.29, 0.717) is 17.5 Å². The van der Waals surface area contributed by atoms with E-state index in [0.717, 1.165) is 61.3 Å². The van der Waals surface area contributed by atoms with Crippen LogP contribution in [-0.2, 0) is 0 Å². The summed E-state index contributed by atoms with van der Waals surface area (Å²) < 4.78 is 4.82. The lowest BCUT2D eigenvalue weighted by Gasteiger charge is -2.17. The van der Waals surface area contributed by atoms with Crippen LogP contribution in [0.2, 0.25) is 0 Å². The Labute approximate surface area is 406 Å². The molecule has 3 aromatic heterocycles. The number of para-hydroxylation sites is 3. The van der Waals surface area contributed by atoms with E-state index in [1.165, 1.54) is 54.9 Å². The molecular weight excluding hydrogens is 851 g/mol. The van der Waals surface area contributed by atoms with Gasteiger partial charge in [-0.1, -0.05) is 182 Å². The second-order valence-corrected chi connectivity index (χ2v) is 18.1. The smallest absolute Gasteiger partial charge is 0.166 e. The summed E-state index contributed by atoms with van der Waals surface area (Å²) in [6.45, 7) is 4.38. The number of aromatic nitrogens is 5. The van der Waals surface area contributed by atoms with Crippen LogP contribution in [-0.4, -0.2) is 24.1 Å². The highest BCUT2D eigenvalue weighted by molar-refractivity contribution is 6.15. The van der Waals surface area contributed by atoms with E-state index in [4.69, 9.17) is 15.0 Å². The Morgan fingerprint density at radius 1 is 0.286 bits per heavy atom. The molecule has 0 N–H and O–H groups in total. The molecule has 0 saturated carbocycles. The third-order valence-corrected chi connectivity index (χ3v) is 13.9. The van der Waals surface area contributed by atoms with Crippen LogP contribution < -0.4 is 0 Å². The van der Waals surface area contributed by atoms with Crippen molar-refractivity contribution in [2.45, 2.75) is 13.8 Å². The maximum absolute atomic E-state index is 5.41. The van der Waals surface area contributed by atoms with Crippen LogP contribution in [0.1, 0.15) is 11.1 Å². The third kappa shape index (κ3) is 6.90. The molecule has 5 nitrogen and oxygen atoms in total. The molecule has 3 heterocycles. The molecule has 0 aliphatic heterocycles. The number of hydrogen-bond acceptors (Lipinski definition) is 3. The van der Waals surface area contributed by atoms with Crippen molar-refractivity contribution in [2.24, 2.45) is 0 Å². The molecule has 0 radical (unpaired) electrons. The highest BCUT2D eigenvalue weighted by Gasteiger charge is 2.23. The molecule has 5 heteroatoms. The lowest BCUT2D eigenvalue weighted by molar-refractivity contribution is 1.06. The van der Waals surface area contributed by atoms with Crippen molar-refractivity contribution in [1.29, 1.82) is 0 Å². The minimum atomic E-state index is 0.586. The van der Waals surface area contributed by atoms with E-state index in [1.807, 2.05) is 36.4 Å². The summed E-state index contributed by atoms with van der Waals surface area (Å²) in [7, 11) is 0. The summed E-state index contributed by atoms with van der Waals surface area (Å²) in [5, 5.41) is 4.74. The molecule has 0 amide bonds. The summed E-state index contributed by atoms with van der Waals surface area (Å²) in [4.78, 5) is 16.0. The van der Waals surface area contributed by atoms with Crippen molar-refractivity contribution in [1.82, 2.24) is 24.1 Å². The van der Waals surface area contributed by atoms with Crippen molar-refractivity contribution in [3.05, 3.63) is 248 Å². The summed E-state index contributed by atoms with van der Waals surface area (Å²) >= 11 is 0. The Balaban J connectivity index is 1.13. The number of hydrogen-bond donors (Lipinski definition) is 0. The number of benzene rings is 10. The SMILES string of the molecule is Cc1ccccc1-c1ccc2c(c1)c1cc(-c3ccccc3C)ccc1n2-c1ccc(-c2cccc3c4ccccc4n(-c4ccccc4)c23)cc1-c1nc(-c2ccccc2)nc(-c2ccccc2)n1. The fourth-order valence-electron chi connectivity index (χ4n) is 10.5. The van der Waals surface area contributed by atoms with Gasteiger partial charge >= 0.3 is 0 Å². The van der Waals surface area contributed by atoms with E-state index in [-0.39, 0.29) is 0 Å². The maximum Gasteiger partial charge on any atom is 0.166 e. The Morgan fingerprint density at radius 3 is 1.34 bits per heavy atom. The average molecular weight is 896 g/mol. The first-order valence-corrected chi connectivity index (χ1v) is 23.9. The molecule has 70 heavy (non-hydrogen) atoms. The predicted octanol–water partition coefficient (Wildman–Crippen LogP) is 16.7. The fourth-order valence-corrected chi connectivity index (χ4v) is 10.5. The lowest BCUT2D eigenvalue weighted by Crippen LogP contribution is -2.04. The first-order valence-electron chi connectivity index (χ1n) is 23.9. The highest BCUT2D eigenvalue weighted by Crippen LogP contribution is 2.44. The molecule has 10 aromatic carbocycles. The van der Waals surface area contributed by atoms with Crippen molar-refractivity contribution in [3.8, 4) is 78.9 Å². The minimum Gasteiger partial charge on any atom is -0.309 e. The molecule has 0 aliphatic rings. The van der Waals surface area contributed by atoms with E-state index in [1.54, 1.807) is 0 Å². The number of fused-ring (bicyclic) bond motifs is 6. The molecule has 0 saturated heterocycles. The Morgan fingerprint density at radius 2 is 0.743 bits per heavy atom. The van der Waals surface area contributed by atoms with Gasteiger partial charge in [0.25, 0.3) is 0 Å². The molecule has 13 aromatic rings. The van der Waals surface area contributed by atoms with Crippen molar-refractivity contribution in [3.63, 3.8) is 0 Å². The summed E-state index contributed by atoms with van der Waals surface area (Å²) in [6, 6.07) is 84.5. The highest BCUT2D eigenvalue weighted by atomic mass is 15.1. The second kappa shape index (κ2) is 16.8. The Hall–Kier alpha value is -9.19. The topological polar surface area (TPSA) is 48.5 Å². The maximum atomic E-state index is 5.41. The fraction of sp³-hybridized carbons (Fsp3) is 0.0308. The van der Waals surface area contributed by atoms with Crippen molar-refractivity contribution < 1.29 is 0 Å². The summed E-state index contributed by atoms with van der Waals surface area (Å²) in [6.07, 6.45) is 0. The van der Waals surface area contributed by atoms with E-state index in [2.05, 4.69) is 223 Å².